The van der Waals surface area contributed by atoms with Crippen molar-refractivity contribution in [1.82, 2.24) is 4.98 Å². The van der Waals surface area contributed by atoms with Crippen molar-refractivity contribution >= 4 is 34.0 Å². The van der Waals surface area contributed by atoms with Crippen molar-refractivity contribution < 1.29 is 18.7 Å². The molecule has 4 rings (SSSR count). The summed E-state index contributed by atoms with van der Waals surface area (Å²) in [6.45, 7) is 7.27. The van der Waals surface area contributed by atoms with Crippen LogP contribution in [-0.2, 0) is 0 Å². The minimum absolute atomic E-state index is 0.374. The Morgan fingerprint density at radius 3 is 2.25 bits per heavy atom. The Morgan fingerprint density at radius 1 is 0.969 bits per heavy atom. The number of benzene rings is 3. The van der Waals surface area contributed by atoms with Gasteiger partial charge in [0.15, 0.2) is 0 Å². The quantitative estimate of drug-likeness (QED) is 0.362. The lowest BCUT2D eigenvalue weighted by molar-refractivity contribution is 0.262. The van der Waals surface area contributed by atoms with Gasteiger partial charge in [0, 0.05) is 23.0 Å². The van der Waals surface area contributed by atoms with E-state index in [1.807, 2.05) is 0 Å². The van der Waals surface area contributed by atoms with E-state index < -0.39 is 6.03 Å². The zero-order valence-corrected chi connectivity index (χ0v) is 16.9. The van der Waals surface area contributed by atoms with Crippen LogP contribution >= 0.6 is 0 Å². The average molecular weight is 428 g/mol. The van der Waals surface area contributed by atoms with Gasteiger partial charge in [-0.3, -0.25) is 4.98 Å². The van der Waals surface area contributed by atoms with E-state index in [9.17, 15) is 9.18 Å². The Kier molecular flexibility index (Phi) is 5.81. The largest absolute Gasteiger partial charge is 0.508 e. The predicted octanol–water partition coefficient (Wildman–Crippen LogP) is 6.37. The highest BCUT2D eigenvalue weighted by atomic mass is 19.1. The topological polar surface area (TPSA) is 76.8 Å². The first-order chi connectivity index (χ1) is 15.6. The highest BCUT2D eigenvalue weighted by Gasteiger charge is 2.11. The summed E-state index contributed by atoms with van der Waals surface area (Å²) in [7, 11) is 1.50. The molecule has 0 spiro atoms. The molecule has 0 saturated carbocycles. The highest BCUT2D eigenvalue weighted by Crippen LogP contribution is 2.37. The Balaban J connectivity index is 1.48. The SMILES string of the molecule is [C-]#[N+]c1cc2nccc(Oc3ccc(NC(=O)Nc4ccc(F)cc4)cc3)c2cc1OC. The van der Waals surface area contributed by atoms with Crippen molar-refractivity contribution in [3.05, 3.63) is 90.2 Å². The number of nitrogens with zero attached hydrogens (tertiary/aromatic N) is 2. The van der Waals surface area contributed by atoms with Crippen molar-refractivity contribution in [3.63, 3.8) is 0 Å². The second-order valence-electron chi connectivity index (χ2n) is 6.67. The summed E-state index contributed by atoms with van der Waals surface area (Å²) in [5, 5.41) is 6.03. The molecule has 0 bridgehead atoms. The van der Waals surface area contributed by atoms with E-state index in [1.165, 1.54) is 31.4 Å². The molecule has 1 aromatic heterocycles. The Morgan fingerprint density at radius 2 is 1.62 bits per heavy atom. The molecule has 32 heavy (non-hydrogen) atoms. The van der Waals surface area contributed by atoms with Crippen molar-refractivity contribution in [2.45, 2.75) is 0 Å². The van der Waals surface area contributed by atoms with Gasteiger partial charge in [0.2, 0.25) is 5.69 Å². The molecule has 0 aliphatic rings. The zero-order chi connectivity index (χ0) is 22.5. The van der Waals surface area contributed by atoms with Crippen molar-refractivity contribution in [2.75, 3.05) is 17.7 Å². The Bertz CT molecular complexity index is 1320. The maximum absolute atomic E-state index is 13.0. The van der Waals surface area contributed by atoms with Crippen LogP contribution in [0, 0.1) is 12.4 Å². The molecule has 7 nitrogen and oxygen atoms in total. The molecule has 0 aliphatic heterocycles. The number of hydrogen-bond donors (Lipinski definition) is 2. The van der Waals surface area contributed by atoms with Gasteiger partial charge in [0.05, 0.1) is 19.2 Å². The molecular weight excluding hydrogens is 411 g/mol. The minimum Gasteiger partial charge on any atom is -0.508 e. The Hall–Kier alpha value is -4.64. The fraction of sp³-hybridized carbons (Fsp3) is 0.0417. The molecule has 0 aliphatic carbocycles. The minimum atomic E-state index is -0.451. The molecule has 0 unspecified atom stereocenters. The van der Waals surface area contributed by atoms with E-state index in [1.54, 1.807) is 48.7 Å². The number of carbonyl (C=O) groups is 1. The fourth-order valence-electron chi connectivity index (χ4n) is 3.04. The number of carbonyl (C=O) groups excluding carboxylic acids is 1. The first-order valence-corrected chi connectivity index (χ1v) is 9.51. The van der Waals surface area contributed by atoms with Gasteiger partial charge in [-0.1, -0.05) is 0 Å². The molecule has 0 fully saturated rings. The summed E-state index contributed by atoms with van der Waals surface area (Å²) < 4.78 is 24.2. The van der Waals surface area contributed by atoms with Gasteiger partial charge in [-0.2, -0.15) is 0 Å². The van der Waals surface area contributed by atoms with Crippen molar-refractivity contribution in [2.24, 2.45) is 0 Å². The van der Waals surface area contributed by atoms with Gasteiger partial charge in [0.1, 0.15) is 23.1 Å². The summed E-state index contributed by atoms with van der Waals surface area (Å²) in [5.41, 5.74) is 2.02. The van der Waals surface area contributed by atoms with Gasteiger partial charge in [-0.25, -0.2) is 14.0 Å². The van der Waals surface area contributed by atoms with Gasteiger partial charge in [-0.15, -0.1) is 0 Å². The average Bonchev–Trinajstić information content (AvgIpc) is 2.81. The number of rotatable bonds is 5. The number of urea groups is 1. The number of ether oxygens (including phenoxy) is 2. The van der Waals surface area contributed by atoms with Crippen molar-refractivity contribution in [3.8, 4) is 17.2 Å². The van der Waals surface area contributed by atoms with Crippen LogP contribution in [0.5, 0.6) is 17.2 Å². The number of methoxy groups -OCH3 is 1. The third-order valence-electron chi connectivity index (χ3n) is 4.56. The standard InChI is InChI=1S/C24H17FN4O3/c1-26-21-14-20-19(13-23(21)31-2)22(11-12-27-20)32-18-9-7-17(8-10-18)29-24(30)28-16-5-3-15(25)4-6-16/h3-14H,2H3,(H2,28,29,30). The third kappa shape index (κ3) is 4.57. The normalized spacial score (nSPS) is 10.3. The van der Waals surface area contributed by atoms with Crippen molar-refractivity contribution in [1.29, 1.82) is 0 Å². The lowest BCUT2D eigenvalue weighted by Crippen LogP contribution is -2.19. The lowest BCUT2D eigenvalue weighted by atomic mass is 10.1. The number of anilines is 2. The molecule has 0 saturated heterocycles. The van der Waals surface area contributed by atoms with Crippen LogP contribution in [0.4, 0.5) is 26.2 Å². The van der Waals surface area contributed by atoms with Gasteiger partial charge >= 0.3 is 6.03 Å². The first kappa shape index (κ1) is 20.6. The molecule has 4 aromatic rings. The van der Waals surface area contributed by atoms with E-state index in [4.69, 9.17) is 16.0 Å². The molecule has 2 N–H and O–H groups in total. The number of nitrogens with one attached hydrogen (secondary N) is 2. The number of fused-ring (bicyclic) bond motifs is 1. The monoisotopic (exact) mass is 428 g/mol. The molecule has 0 radical (unpaired) electrons. The summed E-state index contributed by atoms with van der Waals surface area (Å²) in [4.78, 5) is 19.9. The fourth-order valence-corrected chi connectivity index (χ4v) is 3.04. The van der Waals surface area contributed by atoms with Crippen LogP contribution < -0.4 is 20.1 Å². The summed E-state index contributed by atoms with van der Waals surface area (Å²) in [6.07, 6.45) is 1.60. The van der Waals surface area contributed by atoms with E-state index >= 15 is 0 Å². The molecule has 1 heterocycles. The van der Waals surface area contributed by atoms with E-state index in [2.05, 4.69) is 20.5 Å². The summed E-state index contributed by atoms with van der Waals surface area (Å²) in [5.74, 6) is 1.17. The number of aromatic nitrogens is 1. The van der Waals surface area contributed by atoms with Crippen LogP contribution in [0.15, 0.2) is 72.9 Å². The van der Waals surface area contributed by atoms with Crippen LogP contribution in [-0.4, -0.2) is 18.1 Å². The number of pyridine rings is 1. The molecule has 2 amide bonds. The highest BCUT2D eigenvalue weighted by molar-refractivity contribution is 5.99. The molecular formula is C24H17FN4O3. The molecule has 0 atom stereocenters. The van der Waals surface area contributed by atoms with Crippen LogP contribution in [0.25, 0.3) is 15.7 Å². The molecule has 158 valence electrons. The second-order valence-corrected chi connectivity index (χ2v) is 6.67. The Labute approximate surface area is 183 Å². The first-order valence-electron chi connectivity index (χ1n) is 9.51. The number of amides is 2. The smallest absolute Gasteiger partial charge is 0.323 e. The molecule has 8 heteroatoms. The maximum atomic E-state index is 13.0. The predicted molar refractivity (Wildman–Crippen MR) is 120 cm³/mol. The van der Waals surface area contributed by atoms with E-state index in [-0.39, 0.29) is 5.82 Å². The van der Waals surface area contributed by atoms with Gasteiger partial charge < -0.3 is 20.1 Å². The zero-order valence-electron chi connectivity index (χ0n) is 16.9. The summed E-state index contributed by atoms with van der Waals surface area (Å²) >= 11 is 0. The molecule has 3 aromatic carbocycles. The third-order valence-corrected chi connectivity index (χ3v) is 4.56. The van der Waals surface area contributed by atoms with Crippen LogP contribution in [0.3, 0.4) is 0 Å². The van der Waals surface area contributed by atoms with E-state index in [0.717, 1.165) is 0 Å². The van der Waals surface area contributed by atoms with Gasteiger partial charge in [-0.05, 0) is 66.7 Å². The number of hydrogen-bond acceptors (Lipinski definition) is 4. The lowest BCUT2D eigenvalue weighted by Gasteiger charge is -2.12. The number of halogens is 1. The van der Waals surface area contributed by atoms with Gasteiger partial charge in [0.25, 0.3) is 0 Å². The van der Waals surface area contributed by atoms with Crippen LogP contribution in [0.2, 0.25) is 0 Å². The second kappa shape index (κ2) is 9.02. The maximum Gasteiger partial charge on any atom is 0.323 e. The van der Waals surface area contributed by atoms with Crippen LogP contribution in [0.1, 0.15) is 0 Å². The summed E-state index contributed by atoms with van der Waals surface area (Å²) in [6, 6.07) is 16.9. The van der Waals surface area contributed by atoms with E-state index in [0.29, 0.717) is 45.2 Å².